The van der Waals surface area contributed by atoms with Crippen LogP contribution in [0.3, 0.4) is 0 Å². The Labute approximate surface area is 122 Å². The van der Waals surface area contributed by atoms with Crippen LogP contribution in [-0.2, 0) is 11.3 Å². The fourth-order valence-corrected chi connectivity index (χ4v) is 2.94. The molecule has 0 bridgehead atoms. The Bertz CT molecular complexity index is 623. The van der Waals surface area contributed by atoms with E-state index in [-0.39, 0.29) is 11.7 Å². The smallest absolute Gasteiger partial charge is 0.251 e. The minimum absolute atomic E-state index is 0.149. The number of thiophene rings is 1. The van der Waals surface area contributed by atoms with Gasteiger partial charge in [-0.15, -0.1) is 16.4 Å². The van der Waals surface area contributed by atoms with Gasteiger partial charge in [-0.05, 0) is 28.8 Å². The Balaban J connectivity index is 1.93. The Morgan fingerprint density at radius 3 is 3.05 bits per heavy atom. The lowest BCUT2D eigenvalue weighted by atomic mass is 10.3. The van der Waals surface area contributed by atoms with E-state index in [0.717, 1.165) is 0 Å². The first-order valence-electron chi connectivity index (χ1n) is 5.68. The van der Waals surface area contributed by atoms with E-state index in [1.165, 1.54) is 23.1 Å². The summed E-state index contributed by atoms with van der Waals surface area (Å²) in [5.74, 6) is -0.661. The van der Waals surface area contributed by atoms with Gasteiger partial charge in [0.25, 0.3) is 5.91 Å². The van der Waals surface area contributed by atoms with Gasteiger partial charge in [-0.3, -0.25) is 9.59 Å². The first-order valence-corrected chi connectivity index (χ1v) is 7.54. The number of hydrogen-bond donors (Lipinski definition) is 2. The minimum Gasteiger partial charge on any atom is -0.366 e. The van der Waals surface area contributed by atoms with Crippen LogP contribution in [0.5, 0.6) is 0 Å². The second kappa shape index (κ2) is 6.48. The average Bonchev–Trinajstić information content (AvgIpc) is 3.04. The van der Waals surface area contributed by atoms with Crippen molar-refractivity contribution in [3.8, 4) is 0 Å². The Morgan fingerprint density at radius 1 is 1.55 bits per heavy atom. The van der Waals surface area contributed by atoms with Crippen LogP contribution in [-0.4, -0.2) is 37.8 Å². The zero-order valence-corrected chi connectivity index (χ0v) is 12.2. The molecule has 0 aliphatic rings. The maximum atomic E-state index is 11.8. The fraction of sp³-hybridized carbons (Fsp3) is 0.300. The Hall–Kier alpha value is -1.94. The van der Waals surface area contributed by atoms with E-state index in [1.54, 1.807) is 16.1 Å². The molecule has 3 N–H and O–H groups in total. The number of rotatable bonds is 6. The molecule has 2 amide bonds. The van der Waals surface area contributed by atoms with Crippen LogP contribution in [0.2, 0.25) is 0 Å². The third-order valence-electron chi connectivity index (χ3n) is 2.31. The van der Waals surface area contributed by atoms with Crippen LogP contribution < -0.4 is 11.1 Å². The number of carbonyl (C=O) groups excluding carboxylic acids is 2. The van der Waals surface area contributed by atoms with Crippen molar-refractivity contribution >= 4 is 39.9 Å². The van der Waals surface area contributed by atoms with Gasteiger partial charge in [0.2, 0.25) is 11.1 Å². The first-order chi connectivity index (χ1) is 9.61. The summed E-state index contributed by atoms with van der Waals surface area (Å²) in [6, 6.07) is 1.58. The highest BCUT2D eigenvalue weighted by atomic mass is 32.2. The van der Waals surface area contributed by atoms with Crippen LogP contribution in [0.4, 0.5) is 5.00 Å². The molecule has 0 saturated heterocycles. The predicted octanol–water partition coefficient (Wildman–Crippen LogP) is 0.584. The summed E-state index contributed by atoms with van der Waals surface area (Å²) in [6.07, 6.45) is 0. The predicted molar refractivity (Wildman–Crippen MR) is 75.7 cm³/mol. The number of nitrogens with two attached hydrogens (primary N) is 1. The van der Waals surface area contributed by atoms with Crippen LogP contribution in [0.1, 0.15) is 17.3 Å². The topological polar surface area (TPSA) is 116 Å². The molecule has 8 nitrogen and oxygen atoms in total. The van der Waals surface area contributed by atoms with Crippen molar-refractivity contribution in [1.82, 2.24) is 20.2 Å². The zero-order chi connectivity index (χ0) is 14.5. The Morgan fingerprint density at radius 2 is 2.35 bits per heavy atom. The van der Waals surface area contributed by atoms with E-state index in [9.17, 15) is 9.59 Å². The third-order valence-corrected chi connectivity index (χ3v) is 4.10. The number of tetrazole rings is 1. The molecule has 2 heterocycles. The summed E-state index contributed by atoms with van der Waals surface area (Å²) < 4.78 is 1.60. The van der Waals surface area contributed by atoms with Crippen LogP contribution in [0.15, 0.2) is 16.6 Å². The van der Waals surface area contributed by atoms with Gasteiger partial charge in [0.1, 0.15) is 5.00 Å². The standard InChI is InChI=1S/C10H12N6O2S2/c1-2-16-10(13-14-15-16)20-5-7(17)12-9-6(8(11)18)3-4-19-9/h3-4H,2,5H2,1H3,(H2,11,18)(H,12,17). The summed E-state index contributed by atoms with van der Waals surface area (Å²) in [5, 5.41) is 16.5. The van der Waals surface area contributed by atoms with Gasteiger partial charge in [0.05, 0.1) is 11.3 Å². The van der Waals surface area contributed by atoms with Crippen LogP contribution in [0.25, 0.3) is 0 Å². The van der Waals surface area contributed by atoms with E-state index in [2.05, 4.69) is 20.8 Å². The minimum atomic E-state index is -0.566. The highest BCUT2D eigenvalue weighted by Gasteiger charge is 2.14. The maximum absolute atomic E-state index is 11.8. The SMILES string of the molecule is CCn1nnnc1SCC(=O)Nc1sccc1C(N)=O. The lowest BCUT2D eigenvalue weighted by Crippen LogP contribution is -2.18. The highest BCUT2D eigenvalue weighted by Crippen LogP contribution is 2.23. The van der Waals surface area contributed by atoms with Crippen molar-refractivity contribution in [3.63, 3.8) is 0 Å². The van der Waals surface area contributed by atoms with Crippen molar-refractivity contribution in [2.45, 2.75) is 18.6 Å². The molecule has 20 heavy (non-hydrogen) atoms. The van der Waals surface area contributed by atoms with Crippen molar-refractivity contribution in [2.75, 3.05) is 11.1 Å². The molecule has 0 aromatic carbocycles. The molecular formula is C10H12N6O2S2. The molecule has 2 rings (SSSR count). The number of amides is 2. The molecule has 106 valence electrons. The van der Waals surface area contributed by atoms with Gasteiger partial charge in [-0.2, -0.15) is 0 Å². The normalized spacial score (nSPS) is 10.4. The van der Waals surface area contributed by atoms with Crippen molar-refractivity contribution in [1.29, 1.82) is 0 Å². The van der Waals surface area contributed by atoms with Crippen molar-refractivity contribution in [3.05, 3.63) is 17.0 Å². The first kappa shape index (κ1) is 14.5. The number of anilines is 1. The van der Waals surface area contributed by atoms with Gasteiger partial charge >= 0.3 is 0 Å². The number of hydrogen-bond acceptors (Lipinski definition) is 7. The van der Waals surface area contributed by atoms with Crippen molar-refractivity contribution in [2.24, 2.45) is 5.73 Å². The quantitative estimate of drug-likeness (QED) is 0.754. The number of aryl methyl sites for hydroxylation is 1. The maximum Gasteiger partial charge on any atom is 0.251 e. The molecular weight excluding hydrogens is 300 g/mol. The molecule has 2 aromatic heterocycles. The molecule has 10 heteroatoms. The van der Waals surface area contributed by atoms with E-state index in [4.69, 9.17) is 5.73 Å². The van der Waals surface area contributed by atoms with E-state index >= 15 is 0 Å². The number of nitrogens with one attached hydrogen (secondary N) is 1. The highest BCUT2D eigenvalue weighted by molar-refractivity contribution is 7.99. The number of primary amides is 1. The molecule has 0 radical (unpaired) electrons. The lowest BCUT2D eigenvalue weighted by Gasteiger charge is -2.04. The molecule has 0 aliphatic carbocycles. The summed E-state index contributed by atoms with van der Waals surface area (Å²) in [6.45, 7) is 2.54. The lowest BCUT2D eigenvalue weighted by molar-refractivity contribution is -0.113. The van der Waals surface area contributed by atoms with Gasteiger partial charge < -0.3 is 11.1 Å². The monoisotopic (exact) mass is 312 g/mol. The van der Waals surface area contributed by atoms with Crippen LogP contribution in [0, 0.1) is 0 Å². The van der Waals surface area contributed by atoms with Crippen molar-refractivity contribution < 1.29 is 9.59 Å². The van der Waals surface area contributed by atoms with E-state index in [0.29, 0.717) is 22.3 Å². The summed E-state index contributed by atoms with van der Waals surface area (Å²) in [7, 11) is 0. The van der Waals surface area contributed by atoms with Gasteiger partial charge in [0, 0.05) is 6.54 Å². The van der Waals surface area contributed by atoms with Gasteiger partial charge in [-0.25, -0.2) is 4.68 Å². The summed E-state index contributed by atoms with van der Waals surface area (Å²) >= 11 is 2.48. The second-order valence-corrected chi connectivity index (χ2v) is 5.50. The molecule has 0 saturated carbocycles. The summed E-state index contributed by atoms with van der Waals surface area (Å²) in [4.78, 5) is 23.0. The number of carbonyl (C=O) groups is 2. The molecule has 0 aliphatic heterocycles. The van der Waals surface area contributed by atoms with E-state index < -0.39 is 5.91 Å². The van der Waals surface area contributed by atoms with E-state index in [1.807, 2.05) is 6.92 Å². The number of nitrogens with zero attached hydrogens (tertiary/aromatic N) is 4. The number of thioether (sulfide) groups is 1. The molecule has 2 aromatic rings. The Kier molecular flexibility index (Phi) is 4.69. The molecule has 0 unspecified atom stereocenters. The average molecular weight is 312 g/mol. The van der Waals surface area contributed by atoms with Gasteiger partial charge in [-0.1, -0.05) is 11.8 Å². The summed E-state index contributed by atoms with van der Waals surface area (Å²) in [5.41, 5.74) is 5.52. The molecule has 0 atom stereocenters. The molecule has 0 spiro atoms. The largest absolute Gasteiger partial charge is 0.366 e. The molecule has 0 fully saturated rings. The third kappa shape index (κ3) is 3.33. The van der Waals surface area contributed by atoms with Gasteiger partial charge in [0.15, 0.2) is 0 Å². The fourth-order valence-electron chi connectivity index (χ4n) is 1.39. The second-order valence-electron chi connectivity index (χ2n) is 3.64. The number of aromatic nitrogens is 4. The van der Waals surface area contributed by atoms with Crippen LogP contribution >= 0.6 is 23.1 Å². The zero-order valence-electron chi connectivity index (χ0n) is 10.6.